The lowest BCUT2D eigenvalue weighted by Gasteiger charge is -2.14. The quantitative estimate of drug-likeness (QED) is 0.887. The molecule has 0 spiro atoms. The fourth-order valence-electron chi connectivity index (χ4n) is 2.40. The minimum Gasteiger partial charge on any atom is -0.330 e. The molecular formula is C15H20FN3O2S. The molecule has 0 aliphatic rings. The second kappa shape index (κ2) is 6.58. The third kappa shape index (κ3) is 3.72. The molecule has 2 aromatic rings. The minimum atomic E-state index is -3.71. The van der Waals surface area contributed by atoms with E-state index in [2.05, 4.69) is 28.1 Å². The summed E-state index contributed by atoms with van der Waals surface area (Å²) < 4.78 is 41.9. The summed E-state index contributed by atoms with van der Waals surface area (Å²) in [6, 6.07) is 5.21. The number of hydrogen-bond acceptors (Lipinski definition) is 3. The highest BCUT2D eigenvalue weighted by molar-refractivity contribution is 7.89. The summed E-state index contributed by atoms with van der Waals surface area (Å²) in [4.78, 5) is 4.24. The van der Waals surface area contributed by atoms with Crippen LogP contribution in [0.25, 0.3) is 0 Å². The van der Waals surface area contributed by atoms with Crippen molar-refractivity contribution in [1.82, 2.24) is 14.3 Å². The molecular weight excluding hydrogens is 305 g/mol. The van der Waals surface area contributed by atoms with Gasteiger partial charge in [0.1, 0.15) is 11.6 Å². The molecule has 1 aromatic heterocycles. The molecule has 1 heterocycles. The fraction of sp³-hybridized carbons (Fsp3) is 0.400. The fourth-order valence-corrected chi connectivity index (χ4v) is 3.46. The summed E-state index contributed by atoms with van der Waals surface area (Å²) in [6.45, 7) is 6.28. The molecule has 0 aliphatic carbocycles. The monoisotopic (exact) mass is 325 g/mol. The summed E-state index contributed by atoms with van der Waals surface area (Å²) in [7, 11) is -3.71. The van der Waals surface area contributed by atoms with Crippen LogP contribution >= 0.6 is 0 Å². The SMILES string of the molecule is Cc1cnc(CCNS(=O)(=O)c2cccc(F)c2)n1C(C)C. The van der Waals surface area contributed by atoms with Crippen molar-refractivity contribution in [3.63, 3.8) is 0 Å². The minimum absolute atomic E-state index is 0.0733. The lowest BCUT2D eigenvalue weighted by atomic mass is 10.3. The number of nitrogens with one attached hydrogen (secondary N) is 1. The largest absolute Gasteiger partial charge is 0.330 e. The number of aryl methyl sites for hydroxylation is 1. The van der Waals surface area contributed by atoms with Gasteiger partial charge in [0.15, 0.2) is 0 Å². The smallest absolute Gasteiger partial charge is 0.240 e. The predicted molar refractivity (Wildman–Crippen MR) is 82.6 cm³/mol. The van der Waals surface area contributed by atoms with E-state index >= 15 is 0 Å². The second-order valence-electron chi connectivity index (χ2n) is 5.38. The Kier molecular flexibility index (Phi) is 4.97. The van der Waals surface area contributed by atoms with E-state index in [4.69, 9.17) is 0 Å². The zero-order valence-electron chi connectivity index (χ0n) is 12.9. The van der Waals surface area contributed by atoms with Gasteiger partial charge in [-0.15, -0.1) is 0 Å². The molecule has 0 atom stereocenters. The molecule has 0 fully saturated rings. The van der Waals surface area contributed by atoms with Crippen LogP contribution in [-0.4, -0.2) is 24.5 Å². The number of aromatic nitrogens is 2. The van der Waals surface area contributed by atoms with E-state index in [1.165, 1.54) is 18.2 Å². The number of hydrogen-bond donors (Lipinski definition) is 1. The zero-order valence-corrected chi connectivity index (χ0v) is 13.7. The maximum Gasteiger partial charge on any atom is 0.240 e. The van der Waals surface area contributed by atoms with Crippen molar-refractivity contribution in [3.05, 3.63) is 47.8 Å². The summed E-state index contributed by atoms with van der Waals surface area (Å²) in [5, 5.41) is 0. The predicted octanol–water partition coefficient (Wildman–Crippen LogP) is 2.43. The summed E-state index contributed by atoms with van der Waals surface area (Å²) in [6.07, 6.45) is 2.25. The van der Waals surface area contributed by atoms with Crippen LogP contribution in [-0.2, 0) is 16.4 Å². The van der Waals surface area contributed by atoms with Crippen LogP contribution in [0.1, 0.15) is 31.4 Å². The van der Waals surface area contributed by atoms with Crippen molar-refractivity contribution in [2.75, 3.05) is 6.54 Å². The Morgan fingerprint density at radius 1 is 1.36 bits per heavy atom. The van der Waals surface area contributed by atoms with Crippen LogP contribution in [0, 0.1) is 12.7 Å². The molecule has 1 N–H and O–H groups in total. The van der Waals surface area contributed by atoms with Gasteiger partial charge in [0.25, 0.3) is 0 Å². The highest BCUT2D eigenvalue weighted by atomic mass is 32.2. The molecule has 2 rings (SSSR count). The van der Waals surface area contributed by atoms with E-state index in [1.54, 1.807) is 6.20 Å². The van der Waals surface area contributed by atoms with Gasteiger partial charge in [-0.05, 0) is 39.0 Å². The number of rotatable bonds is 6. The van der Waals surface area contributed by atoms with E-state index in [1.807, 2.05) is 6.92 Å². The lowest BCUT2D eigenvalue weighted by Crippen LogP contribution is -2.27. The van der Waals surface area contributed by atoms with Crippen molar-refractivity contribution in [1.29, 1.82) is 0 Å². The van der Waals surface area contributed by atoms with E-state index < -0.39 is 15.8 Å². The van der Waals surface area contributed by atoms with Gasteiger partial charge in [-0.3, -0.25) is 0 Å². The Morgan fingerprint density at radius 2 is 2.09 bits per heavy atom. The first-order chi connectivity index (χ1) is 10.3. The average molecular weight is 325 g/mol. The Morgan fingerprint density at radius 3 is 2.73 bits per heavy atom. The Hall–Kier alpha value is -1.73. The standard InChI is InChI=1S/C15H20FN3O2S/c1-11(2)19-12(3)10-17-15(19)7-8-18-22(20,21)14-6-4-5-13(16)9-14/h4-6,9-11,18H,7-8H2,1-3H3. The molecule has 0 bridgehead atoms. The second-order valence-corrected chi connectivity index (χ2v) is 7.15. The molecule has 5 nitrogen and oxygen atoms in total. The van der Waals surface area contributed by atoms with Crippen LogP contribution in [0.4, 0.5) is 4.39 Å². The van der Waals surface area contributed by atoms with Gasteiger partial charge in [0, 0.05) is 30.9 Å². The van der Waals surface area contributed by atoms with Crippen LogP contribution < -0.4 is 4.72 Å². The van der Waals surface area contributed by atoms with Gasteiger partial charge in [-0.1, -0.05) is 6.07 Å². The van der Waals surface area contributed by atoms with Crippen molar-refractivity contribution < 1.29 is 12.8 Å². The Bertz CT molecular complexity index is 754. The van der Waals surface area contributed by atoms with E-state index in [0.717, 1.165) is 17.6 Å². The molecule has 0 saturated carbocycles. The summed E-state index contributed by atoms with van der Waals surface area (Å²) >= 11 is 0. The van der Waals surface area contributed by atoms with Gasteiger partial charge >= 0.3 is 0 Å². The van der Waals surface area contributed by atoms with E-state index in [0.29, 0.717) is 6.42 Å². The van der Waals surface area contributed by atoms with Crippen molar-refractivity contribution >= 4 is 10.0 Å². The van der Waals surface area contributed by atoms with Gasteiger partial charge in [0.2, 0.25) is 10.0 Å². The molecule has 120 valence electrons. The van der Waals surface area contributed by atoms with Gasteiger partial charge in [0.05, 0.1) is 4.90 Å². The lowest BCUT2D eigenvalue weighted by molar-refractivity contribution is 0.548. The molecule has 0 saturated heterocycles. The van der Waals surface area contributed by atoms with Crippen LogP contribution in [0.15, 0.2) is 35.4 Å². The maximum absolute atomic E-state index is 13.1. The number of halogens is 1. The molecule has 7 heteroatoms. The van der Waals surface area contributed by atoms with Crippen LogP contribution in [0.2, 0.25) is 0 Å². The third-order valence-corrected chi connectivity index (χ3v) is 4.78. The number of sulfonamides is 1. The summed E-state index contributed by atoms with van der Waals surface area (Å²) in [5.41, 5.74) is 1.04. The highest BCUT2D eigenvalue weighted by Crippen LogP contribution is 2.14. The number of benzene rings is 1. The van der Waals surface area contributed by atoms with Gasteiger partial charge in [-0.25, -0.2) is 22.5 Å². The first-order valence-corrected chi connectivity index (χ1v) is 8.57. The zero-order chi connectivity index (χ0) is 16.3. The molecule has 1 aromatic carbocycles. The van der Waals surface area contributed by atoms with E-state index in [-0.39, 0.29) is 17.5 Å². The topological polar surface area (TPSA) is 64.0 Å². The van der Waals surface area contributed by atoms with E-state index in [9.17, 15) is 12.8 Å². The van der Waals surface area contributed by atoms with Crippen LogP contribution in [0.3, 0.4) is 0 Å². The van der Waals surface area contributed by atoms with Crippen molar-refractivity contribution in [2.45, 2.75) is 38.1 Å². The molecule has 0 radical (unpaired) electrons. The van der Waals surface area contributed by atoms with Crippen molar-refractivity contribution in [3.8, 4) is 0 Å². The molecule has 0 amide bonds. The average Bonchev–Trinajstić information content (AvgIpc) is 2.80. The Balaban J connectivity index is 2.05. The van der Waals surface area contributed by atoms with Gasteiger partial charge in [-0.2, -0.15) is 0 Å². The molecule has 0 aliphatic heterocycles. The summed E-state index contributed by atoms with van der Waals surface area (Å²) in [5.74, 6) is 0.253. The first-order valence-electron chi connectivity index (χ1n) is 7.09. The Labute approximate surface area is 130 Å². The molecule has 0 unspecified atom stereocenters. The molecule has 22 heavy (non-hydrogen) atoms. The normalized spacial score (nSPS) is 12.0. The third-order valence-electron chi connectivity index (χ3n) is 3.32. The highest BCUT2D eigenvalue weighted by Gasteiger charge is 2.15. The number of nitrogens with zero attached hydrogens (tertiary/aromatic N) is 2. The first kappa shape index (κ1) is 16.6. The van der Waals surface area contributed by atoms with Gasteiger partial charge < -0.3 is 4.57 Å². The van der Waals surface area contributed by atoms with Crippen molar-refractivity contribution in [2.24, 2.45) is 0 Å². The van der Waals surface area contributed by atoms with Crippen LogP contribution in [0.5, 0.6) is 0 Å². The maximum atomic E-state index is 13.1. The number of imidazole rings is 1.